The molecule has 38 heteroatoms. The molecule has 0 saturated heterocycles. The number of aliphatic hydroxyl groups is 3. The van der Waals surface area contributed by atoms with E-state index < -0.39 is 154 Å². The van der Waals surface area contributed by atoms with E-state index in [4.69, 9.17) is 30.4 Å². The number of nitrogens with one attached hydrogen (secondary N) is 11. The second-order valence-electron chi connectivity index (χ2n) is 23.6. The quantitative estimate of drug-likeness (QED) is 0.0274. The third kappa shape index (κ3) is 42.2. The van der Waals surface area contributed by atoms with Crippen molar-refractivity contribution in [1.82, 2.24) is 88.2 Å². The van der Waals surface area contributed by atoms with Gasteiger partial charge in [-0.25, -0.2) is 4.98 Å². The van der Waals surface area contributed by atoms with Gasteiger partial charge >= 0.3 is 0 Å². The number of aromatic nitrogens is 6. The molecule has 12 amide bonds. The second kappa shape index (κ2) is 53.6. The number of aromatic amines is 2. The van der Waals surface area contributed by atoms with Crippen LogP contribution in [0.5, 0.6) is 0 Å². The molecule has 0 unspecified atom stereocenters. The SMILES string of the molecule is CN(C)CCN(C)C(=O)[C@H](Cc1cnc[nH]1)NC(=O)[C@H](CCC(N)=O)NC(=O)[C@H](CO)NC(=O)[C@H](CO)NC(=O)[C@H](CCC(N)=O)NC(=O)[C@@H](CO)NC(=O)CNC(=O)COCCOCCNC(=O)COCCOCCNC(=O)CCCCCCCCCCCCCCCc1nn[nH]n1. The number of carbonyl (C=O) groups is 12. The van der Waals surface area contributed by atoms with Crippen molar-refractivity contribution < 1.29 is 91.8 Å². The molecule has 0 saturated carbocycles. The zero-order valence-corrected chi connectivity index (χ0v) is 57.3. The van der Waals surface area contributed by atoms with Gasteiger partial charge in [0.05, 0.1) is 72.3 Å². The molecule has 0 spiro atoms. The van der Waals surface area contributed by atoms with Gasteiger partial charge in [0.15, 0.2) is 5.82 Å². The molecule has 2 rings (SSSR count). The first-order valence-electron chi connectivity index (χ1n) is 33.5. The smallest absolute Gasteiger partial charge is 0.246 e. The molecular weight excluding hydrogens is 1300 g/mol. The van der Waals surface area contributed by atoms with E-state index in [0.29, 0.717) is 31.8 Å². The summed E-state index contributed by atoms with van der Waals surface area (Å²) in [7, 11) is 5.13. The summed E-state index contributed by atoms with van der Waals surface area (Å²) in [4.78, 5) is 164. The number of hydrogen-bond acceptors (Lipinski definition) is 24. The van der Waals surface area contributed by atoms with Crippen molar-refractivity contribution >= 4 is 70.9 Å². The van der Waals surface area contributed by atoms with Crippen LogP contribution in [0.15, 0.2) is 12.5 Å². The molecule has 6 atom stereocenters. The standard InChI is InChI=1S/C61H107N19O19/c1-79(2)25-26-80(3)61(95)45(33-42-34-64-41-68-42)72-56(90)43(19-21-49(62)84)71-59(93)47(37-82)74-60(94)48(38-83)73-57(91)44(20-22-50(63)85)70-58(92)46(36-81)69-53(87)35-67-55(89)40-99-32-30-97-28-24-66-54(88)39-98-31-29-96-27-23-65-52(86)18-16-14-12-10-8-6-4-5-7-9-11-13-15-17-51-75-77-78-76-51/h34,41,43-48,81-83H,4-33,35-40H2,1-3H3,(H2,62,84)(H2,63,85)(H,64,68)(H,65,86)(H,66,88)(H,67,89)(H,69,87)(H,70,92)(H,71,93)(H,72,90)(H,73,91)(H,74,94)(H,75,76,77,78)/t43-,44-,45-,46+,47-,48-/m0/s1. The predicted octanol–water partition coefficient (Wildman–Crippen LogP) is -5.98. The Balaban J connectivity index is 1.65. The molecule has 0 radical (unpaired) electrons. The Kier molecular flexibility index (Phi) is 46.9. The van der Waals surface area contributed by atoms with Crippen molar-refractivity contribution in [2.24, 2.45) is 11.5 Å². The van der Waals surface area contributed by atoms with Crippen molar-refractivity contribution in [1.29, 1.82) is 0 Å². The van der Waals surface area contributed by atoms with Crippen LogP contribution >= 0.6 is 0 Å². The maximum absolute atomic E-state index is 13.8. The average molecular weight is 1410 g/mol. The third-order valence-corrected chi connectivity index (χ3v) is 14.9. The van der Waals surface area contributed by atoms with Crippen LogP contribution in [-0.4, -0.2) is 289 Å². The lowest BCUT2D eigenvalue weighted by Gasteiger charge is -2.28. The number of amides is 12. The molecule has 18 N–H and O–H groups in total. The molecule has 99 heavy (non-hydrogen) atoms. The highest BCUT2D eigenvalue weighted by atomic mass is 16.5. The number of hydrogen-bond donors (Lipinski definition) is 16. The Morgan fingerprint density at radius 3 is 1.38 bits per heavy atom. The summed E-state index contributed by atoms with van der Waals surface area (Å²) in [6, 6.07) is -10.0. The van der Waals surface area contributed by atoms with Gasteiger partial charge in [-0.1, -0.05) is 75.8 Å². The fraction of sp³-hybridized carbons (Fsp3) is 0.738. The number of ether oxygens (including phenoxy) is 4. The largest absolute Gasteiger partial charge is 0.394 e. The molecule has 560 valence electrons. The molecule has 0 aliphatic carbocycles. The zero-order valence-electron chi connectivity index (χ0n) is 57.3. The average Bonchev–Trinajstić information content (AvgIpc) is 1.41. The molecule has 2 aromatic rings. The fourth-order valence-electron chi connectivity index (χ4n) is 9.31. The Labute approximate surface area is 575 Å². The van der Waals surface area contributed by atoms with E-state index in [2.05, 4.69) is 78.4 Å². The van der Waals surface area contributed by atoms with E-state index >= 15 is 0 Å². The molecule has 0 aliphatic rings. The zero-order chi connectivity index (χ0) is 73.0. The minimum atomic E-state index is -1.91. The van der Waals surface area contributed by atoms with Gasteiger partial charge in [0.2, 0.25) is 70.9 Å². The second-order valence-corrected chi connectivity index (χ2v) is 23.6. The normalized spacial score (nSPS) is 13.0. The van der Waals surface area contributed by atoms with Crippen LogP contribution in [0.1, 0.15) is 127 Å². The summed E-state index contributed by atoms with van der Waals surface area (Å²) in [6.45, 7) is -2.60. The molecule has 0 fully saturated rings. The summed E-state index contributed by atoms with van der Waals surface area (Å²) >= 11 is 0. The number of nitrogens with zero attached hydrogens (tertiary/aromatic N) is 6. The maximum atomic E-state index is 13.8. The lowest BCUT2D eigenvalue weighted by atomic mass is 10.0. The molecule has 0 bridgehead atoms. The van der Waals surface area contributed by atoms with E-state index in [1.807, 2.05) is 4.90 Å². The number of carbonyl (C=O) groups excluding carboxylic acids is 12. The number of tetrazole rings is 1. The van der Waals surface area contributed by atoms with E-state index in [1.165, 1.54) is 82.3 Å². The van der Waals surface area contributed by atoms with E-state index in [0.717, 1.165) is 37.9 Å². The van der Waals surface area contributed by atoms with Crippen LogP contribution in [0, 0.1) is 0 Å². The highest BCUT2D eigenvalue weighted by Gasteiger charge is 2.34. The van der Waals surface area contributed by atoms with Crippen molar-refractivity contribution in [3.8, 4) is 0 Å². The Morgan fingerprint density at radius 2 is 0.929 bits per heavy atom. The van der Waals surface area contributed by atoms with Gasteiger partial charge in [0.25, 0.3) is 0 Å². The number of imidazole rings is 1. The molecular formula is C61H107N19O19. The number of rotatable bonds is 60. The lowest BCUT2D eigenvalue weighted by Crippen LogP contribution is -2.61. The summed E-state index contributed by atoms with van der Waals surface area (Å²) in [6.07, 6.45) is 17.6. The van der Waals surface area contributed by atoms with Crippen molar-refractivity contribution in [3.63, 3.8) is 0 Å². The highest BCUT2D eigenvalue weighted by Crippen LogP contribution is 2.14. The third-order valence-electron chi connectivity index (χ3n) is 14.9. The predicted molar refractivity (Wildman–Crippen MR) is 353 cm³/mol. The number of nitrogens with two attached hydrogens (primary N) is 2. The lowest BCUT2D eigenvalue weighted by molar-refractivity contribution is -0.138. The van der Waals surface area contributed by atoms with Gasteiger partial charge in [-0.15, -0.1) is 10.2 Å². The number of aliphatic hydroxyl groups excluding tert-OH is 3. The monoisotopic (exact) mass is 1410 g/mol. The van der Waals surface area contributed by atoms with Crippen molar-refractivity contribution in [2.45, 2.75) is 165 Å². The molecule has 2 heterocycles. The van der Waals surface area contributed by atoms with E-state index in [9.17, 15) is 72.9 Å². The van der Waals surface area contributed by atoms with Gasteiger partial charge in [-0.2, -0.15) is 5.21 Å². The first kappa shape index (κ1) is 86.7. The molecule has 0 aromatic carbocycles. The van der Waals surface area contributed by atoms with Crippen LogP contribution in [-0.2, 0) is 89.3 Å². The summed E-state index contributed by atoms with van der Waals surface area (Å²) in [5.41, 5.74) is 11.1. The number of aryl methyl sites for hydroxylation is 1. The molecule has 2 aromatic heterocycles. The maximum Gasteiger partial charge on any atom is 0.246 e. The summed E-state index contributed by atoms with van der Waals surface area (Å²) in [5, 5.41) is 65.6. The van der Waals surface area contributed by atoms with Gasteiger partial charge in [0, 0.05) is 77.2 Å². The number of primary amides is 2. The van der Waals surface area contributed by atoms with Gasteiger partial charge in [0.1, 0.15) is 49.5 Å². The first-order chi connectivity index (χ1) is 47.6. The van der Waals surface area contributed by atoms with Crippen LogP contribution in [0.4, 0.5) is 0 Å². The first-order valence-corrected chi connectivity index (χ1v) is 33.5. The molecule has 38 nitrogen and oxygen atoms in total. The van der Waals surface area contributed by atoms with Crippen molar-refractivity contribution in [3.05, 3.63) is 24.0 Å². The van der Waals surface area contributed by atoms with Crippen LogP contribution < -0.4 is 59.3 Å². The van der Waals surface area contributed by atoms with Gasteiger partial charge in [-0.3, -0.25) is 57.5 Å². The van der Waals surface area contributed by atoms with Gasteiger partial charge < -0.3 is 108 Å². The van der Waals surface area contributed by atoms with Crippen molar-refractivity contribution in [2.75, 3.05) is 127 Å². The Hall–Kier alpha value is -8.40. The minimum Gasteiger partial charge on any atom is -0.394 e. The number of unbranched alkanes of at least 4 members (excludes halogenated alkanes) is 12. The number of likely N-dealkylation sites (N-methyl/N-ethyl adjacent to an activating group) is 2. The Bertz CT molecular complexity index is 2680. The fourth-order valence-corrected chi connectivity index (χ4v) is 9.31. The minimum absolute atomic E-state index is 0.00475. The Morgan fingerprint density at radius 1 is 0.495 bits per heavy atom. The topological polar surface area (TPSA) is 552 Å². The van der Waals surface area contributed by atoms with Gasteiger partial charge in [-0.05, 0) is 39.8 Å². The number of H-pyrrole nitrogens is 2. The summed E-state index contributed by atoms with van der Waals surface area (Å²) in [5.74, 6) is -9.43. The van der Waals surface area contributed by atoms with Crippen LogP contribution in [0.3, 0.4) is 0 Å². The van der Waals surface area contributed by atoms with Crippen LogP contribution in [0.2, 0.25) is 0 Å². The van der Waals surface area contributed by atoms with E-state index in [1.54, 1.807) is 14.1 Å². The summed E-state index contributed by atoms with van der Waals surface area (Å²) < 4.78 is 21.4. The van der Waals surface area contributed by atoms with E-state index in [-0.39, 0.29) is 71.0 Å². The molecule has 0 aliphatic heterocycles. The highest BCUT2D eigenvalue weighted by molar-refractivity contribution is 5.98. The van der Waals surface area contributed by atoms with Crippen LogP contribution in [0.25, 0.3) is 0 Å².